The van der Waals surface area contributed by atoms with Crippen molar-refractivity contribution in [2.45, 2.75) is 45.8 Å². The first kappa shape index (κ1) is 23.4. The van der Waals surface area contributed by atoms with Crippen molar-refractivity contribution in [3.05, 3.63) is 29.3 Å². The maximum Gasteiger partial charge on any atom is 0.191 e. The van der Waals surface area contributed by atoms with Crippen LogP contribution in [0.1, 0.15) is 37.8 Å². The van der Waals surface area contributed by atoms with E-state index in [1.807, 2.05) is 6.92 Å². The molecular formula is C22H37N3O4. The summed E-state index contributed by atoms with van der Waals surface area (Å²) in [5.74, 6) is 1.64. The van der Waals surface area contributed by atoms with Crippen molar-refractivity contribution in [3.8, 4) is 5.75 Å². The van der Waals surface area contributed by atoms with E-state index in [0.29, 0.717) is 32.9 Å². The summed E-state index contributed by atoms with van der Waals surface area (Å²) in [6.07, 6.45) is 1.76. The van der Waals surface area contributed by atoms with Gasteiger partial charge < -0.3 is 29.6 Å². The molecule has 1 fully saturated rings. The average molecular weight is 408 g/mol. The highest BCUT2D eigenvalue weighted by atomic mass is 16.5. The van der Waals surface area contributed by atoms with Crippen molar-refractivity contribution in [2.24, 2.45) is 4.99 Å². The molecule has 0 spiro atoms. The smallest absolute Gasteiger partial charge is 0.191 e. The molecule has 164 valence electrons. The minimum Gasteiger partial charge on any atom is -0.491 e. The van der Waals surface area contributed by atoms with Crippen LogP contribution in [0.15, 0.2) is 23.2 Å². The van der Waals surface area contributed by atoms with Crippen molar-refractivity contribution in [3.63, 3.8) is 0 Å². The molecule has 0 atom stereocenters. The maximum absolute atomic E-state index is 5.93. The monoisotopic (exact) mass is 407 g/mol. The van der Waals surface area contributed by atoms with E-state index in [9.17, 15) is 0 Å². The predicted molar refractivity (Wildman–Crippen MR) is 116 cm³/mol. The van der Waals surface area contributed by atoms with Gasteiger partial charge in [-0.3, -0.25) is 0 Å². The molecule has 7 heteroatoms. The Morgan fingerprint density at radius 3 is 2.66 bits per heavy atom. The topological polar surface area (TPSA) is 73.3 Å². The van der Waals surface area contributed by atoms with Crippen molar-refractivity contribution >= 4 is 5.96 Å². The lowest BCUT2D eigenvalue weighted by Gasteiger charge is -2.36. The van der Waals surface area contributed by atoms with Crippen molar-refractivity contribution in [1.82, 2.24) is 10.6 Å². The van der Waals surface area contributed by atoms with Crippen LogP contribution in [0, 0.1) is 6.92 Å². The quantitative estimate of drug-likeness (QED) is 0.334. The molecule has 1 saturated heterocycles. The lowest BCUT2D eigenvalue weighted by molar-refractivity contribution is -0.0855. The molecule has 1 aliphatic rings. The van der Waals surface area contributed by atoms with Gasteiger partial charge in [0.1, 0.15) is 12.4 Å². The number of aliphatic imine (C=N–C) groups is 1. The van der Waals surface area contributed by atoms with Gasteiger partial charge in [-0.1, -0.05) is 12.1 Å². The molecule has 0 amide bonds. The van der Waals surface area contributed by atoms with Crippen molar-refractivity contribution in [1.29, 1.82) is 0 Å². The first-order valence-corrected chi connectivity index (χ1v) is 10.6. The second-order valence-electron chi connectivity index (χ2n) is 7.20. The van der Waals surface area contributed by atoms with Gasteiger partial charge in [0.2, 0.25) is 0 Å². The van der Waals surface area contributed by atoms with Crippen LogP contribution in [0.2, 0.25) is 0 Å². The molecule has 0 radical (unpaired) electrons. The lowest BCUT2D eigenvalue weighted by Crippen LogP contribution is -2.50. The van der Waals surface area contributed by atoms with Crippen LogP contribution in [-0.4, -0.2) is 64.8 Å². The van der Waals surface area contributed by atoms with Gasteiger partial charge >= 0.3 is 0 Å². The molecule has 0 saturated carbocycles. The molecule has 1 heterocycles. The molecule has 1 aromatic rings. The average Bonchev–Trinajstić information content (AvgIpc) is 2.75. The third-order valence-electron chi connectivity index (χ3n) is 5.08. The fraction of sp³-hybridized carbons (Fsp3) is 0.682. The molecular weight excluding hydrogens is 370 g/mol. The number of hydrogen-bond donors (Lipinski definition) is 2. The molecule has 0 bridgehead atoms. The highest BCUT2D eigenvalue weighted by Gasteiger charge is 2.32. The van der Waals surface area contributed by atoms with E-state index in [-0.39, 0.29) is 5.60 Å². The lowest BCUT2D eigenvalue weighted by atomic mass is 9.94. The third kappa shape index (κ3) is 7.84. The summed E-state index contributed by atoms with van der Waals surface area (Å²) in [5, 5.41) is 6.76. The molecule has 2 N–H and O–H groups in total. The second kappa shape index (κ2) is 12.7. The van der Waals surface area contributed by atoms with Gasteiger partial charge in [-0.15, -0.1) is 0 Å². The zero-order chi connectivity index (χ0) is 21.0. The number of rotatable bonds is 11. The van der Waals surface area contributed by atoms with Crippen LogP contribution in [0.3, 0.4) is 0 Å². The summed E-state index contributed by atoms with van der Waals surface area (Å²) in [6, 6.07) is 6.22. The summed E-state index contributed by atoms with van der Waals surface area (Å²) in [5.41, 5.74) is 2.01. The third-order valence-corrected chi connectivity index (χ3v) is 5.08. The zero-order valence-electron chi connectivity index (χ0n) is 18.4. The number of aryl methyl sites for hydroxylation is 1. The van der Waals surface area contributed by atoms with Crippen molar-refractivity contribution in [2.75, 3.05) is 53.2 Å². The van der Waals surface area contributed by atoms with E-state index >= 15 is 0 Å². The number of benzene rings is 1. The molecule has 1 aliphatic heterocycles. The summed E-state index contributed by atoms with van der Waals surface area (Å²) >= 11 is 0. The predicted octanol–water partition coefficient (Wildman–Crippen LogP) is 2.66. The van der Waals surface area contributed by atoms with E-state index in [1.54, 1.807) is 7.11 Å². The first-order valence-electron chi connectivity index (χ1n) is 10.6. The molecule has 1 aromatic carbocycles. The Morgan fingerprint density at radius 1 is 1.17 bits per heavy atom. The van der Waals surface area contributed by atoms with Gasteiger partial charge in [0.25, 0.3) is 0 Å². The van der Waals surface area contributed by atoms with Gasteiger partial charge in [0.15, 0.2) is 5.96 Å². The number of hydrogen-bond acceptors (Lipinski definition) is 5. The maximum atomic E-state index is 5.93. The van der Waals surface area contributed by atoms with E-state index in [1.165, 1.54) is 0 Å². The van der Waals surface area contributed by atoms with Gasteiger partial charge in [-0.05, 0) is 32.4 Å². The standard InChI is InChI=1S/C22H37N3O4/c1-5-23-21(25-17-22(26-4)9-11-28-12-10-22)24-16-19-8-7-18(3)15-20(19)29-14-13-27-6-2/h7-8,15H,5-6,9-14,16-17H2,1-4H3,(H2,23,24,25). The number of nitrogens with one attached hydrogen (secondary N) is 2. The van der Waals surface area contributed by atoms with Crippen LogP contribution in [0.5, 0.6) is 5.75 Å². The van der Waals surface area contributed by atoms with Crippen LogP contribution in [0.25, 0.3) is 0 Å². The fourth-order valence-corrected chi connectivity index (χ4v) is 3.23. The minimum atomic E-state index is -0.203. The Bertz CT molecular complexity index is 630. The van der Waals surface area contributed by atoms with Crippen LogP contribution >= 0.6 is 0 Å². The molecule has 0 aliphatic carbocycles. The van der Waals surface area contributed by atoms with Gasteiger partial charge in [0, 0.05) is 58.4 Å². The van der Waals surface area contributed by atoms with Crippen LogP contribution < -0.4 is 15.4 Å². The Balaban J connectivity index is 2.01. The summed E-state index contributed by atoms with van der Waals surface area (Å²) in [4.78, 5) is 4.76. The molecule has 0 unspecified atom stereocenters. The Morgan fingerprint density at radius 2 is 1.97 bits per heavy atom. The van der Waals surface area contributed by atoms with E-state index in [0.717, 1.165) is 55.4 Å². The normalized spacial score (nSPS) is 16.5. The van der Waals surface area contributed by atoms with Gasteiger partial charge in [-0.2, -0.15) is 0 Å². The van der Waals surface area contributed by atoms with E-state index < -0.39 is 0 Å². The second-order valence-corrected chi connectivity index (χ2v) is 7.20. The number of ether oxygens (including phenoxy) is 4. The summed E-state index contributed by atoms with van der Waals surface area (Å²) in [6.45, 7) is 11.4. The molecule has 29 heavy (non-hydrogen) atoms. The fourth-order valence-electron chi connectivity index (χ4n) is 3.23. The summed E-state index contributed by atoms with van der Waals surface area (Å²) in [7, 11) is 1.77. The molecule has 7 nitrogen and oxygen atoms in total. The molecule has 0 aromatic heterocycles. The number of guanidine groups is 1. The molecule has 2 rings (SSSR count). The Hall–Kier alpha value is -1.83. The zero-order valence-corrected chi connectivity index (χ0v) is 18.4. The Labute approximate surface area is 175 Å². The highest BCUT2D eigenvalue weighted by Crippen LogP contribution is 2.24. The first-order chi connectivity index (χ1) is 14.1. The highest BCUT2D eigenvalue weighted by molar-refractivity contribution is 5.79. The largest absolute Gasteiger partial charge is 0.491 e. The Kier molecular flexibility index (Phi) is 10.2. The summed E-state index contributed by atoms with van der Waals surface area (Å²) < 4.78 is 22.6. The van der Waals surface area contributed by atoms with Crippen molar-refractivity contribution < 1.29 is 18.9 Å². The number of nitrogens with zero attached hydrogens (tertiary/aromatic N) is 1. The SMILES string of the molecule is CCNC(=NCc1ccc(C)cc1OCCOCC)NCC1(OC)CCOCC1. The van der Waals surface area contributed by atoms with Gasteiger partial charge in [0.05, 0.1) is 18.8 Å². The van der Waals surface area contributed by atoms with E-state index in [2.05, 4.69) is 42.7 Å². The van der Waals surface area contributed by atoms with Crippen LogP contribution in [-0.2, 0) is 20.8 Å². The minimum absolute atomic E-state index is 0.203. The van der Waals surface area contributed by atoms with E-state index in [4.69, 9.17) is 23.9 Å². The number of methoxy groups -OCH3 is 1. The van der Waals surface area contributed by atoms with Crippen LogP contribution in [0.4, 0.5) is 0 Å². The van der Waals surface area contributed by atoms with Gasteiger partial charge in [-0.25, -0.2) is 4.99 Å².